The van der Waals surface area contributed by atoms with Crippen LogP contribution in [0.3, 0.4) is 0 Å². The molecule has 0 saturated carbocycles. The molecule has 2 aliphatic rings. The predicted molar refractivity (Wildman–Crippen MR) is 540 cm³/mol. The summed E-state index contributed by atoms with van der Waals surface area (Å²) in [4.78, 5) is 61.6. The third-order valence-electron chi connectivity index (χ3n) is 24.5. The van der Waals surface area contributed by atoms with Crippen LogP contribution in [0.15, 0.2) is 347 Å². The lowest BCUT2D eigenvalue weighted by Gasteiger charge is -2.32. The number of nitrogens with zero attached hydrogens (tertiary/aromatic N) is 21. The number of ether oxygens (including phenoxy) is 1. The highest BCUT2D eigenvalue weighted by Crippen LogP contribution is 2.40. The van der Waals surface area contributed by atoms with Gasteiger partial charge in [-0.05, 0) is 218 Å². The zero-order chi connectivity index (χ0) is 96.6. The Balaban J connectivity index is 0.000000120. The van der Waals surface area contributed by atoms with Gasteiger partial charge >= 0.3 is 0 Å². The number of hydrogen-bond acceptors (Lipinski definition) is 22. The van der Waals surface area contributed by atoms with Crippen LogP contribution in [0.1, 0.15) is 12.8 Å². The van der Waals surface area contributed by atoms with Gasteiger partial charge in [0.25, 0.3) is 0 Å². The molecule has 22 rings (SSSR count). The van der Waals surface area contributed by atoms with Gasteiger partial charge < -0.3 is 19.6 Å². The number of sulfonamides is 1. The number of aliphatic hydroxyl groups excluding tert-OH is 1. The Morgan fingerprint density at radius 2 is 0.709 bits per heavy atom. The topological polar surface area (TPSA) is 307 Å². The van der Waals surface area contributed by atoms with Crippen molar-refractivity contribution in [3.05, 3.63) is 365 Å². The second-order valence-electron chi connectivity index (χ2n) is 33.9. The quantitative estimate of drug-likeness (QED) is 0.0419. The van der Waals surface area contributed by atoms with Crippen molar-refractivity contribution in [2.24, 2.45) is 5.14 Å². The minimum Gasteiger partial charge on any atom is -0.392 e. The zero-order valence-electron chi connectivity index (χ0n) is 76.7. The molecule has 0 bridgehead atoms. The van der Waals surface area contributed by atoms with Gasteiger partial charge in [0.2, 0.25) is 10.0 Å². The fourth-order valence-corrected chi connectivity index (χ4v) is 17.7. The maximum Gasteiger partial charge on any atom is 0.238 e. The molecule has 20 aromatic rings. The van der Waals surface area contributed by atoms with Crippen LogP contribution in [-0.4, -0.2) is 197 Å². The Hall–Kier alpha value is -16.3. The van der Waals surface area contributed by atoms with E-state index in [1.165, 1.54) is 36.4 Å². The molecule has 2 aliphatic heterocycles. The van der Waals surface area contributed by atoms with Crippen molar-refractivity contribution in [3.63, 3.8) is 0 Å². The molecule has 0 radical (unpaired) electrons. The number of allylic oxidation sites excluding steroid dienone is 1. The van der Waals surface area contributed by atoms with Crippen LogP contribution >= 0.6 is 0 Å². The van der Waals surface area contributed by atoms with Crippen molar-refractivity contribution >= 4 is 54.2 Å². The van der Waals surface area contributed by atoms with Crippen LogP contribution in [0, 0.1) is 23.3 Å². The summed E-state index contributed by atoms with van der Waals surface area (Å²) >= 11 is 0. The summed E-state index contributed by atoms with van der Waals surface area (Å²) in [5.41, 5.74) is 20.2. The van der Waals surface area contributed by atoms with Gasteiger partial charge in [-0.2, -0.15) is 15.3 Å². The van der Waals surface area contributed by atoms with Crippen LogP contribution < -0.4 is 5.14 Å². The largest absolute Gasteiger partial charge is 0.392 e. The number of aliphatic hydroxyl groups is 1. The van der Waals surface area contributed by atoms with Gasteiger partial charge in [0, 0.05) is 245 Å². The lowest BCUT2D eigenvalue weighted by Crippen LogP contribution is -2.44. The van der Waals surface area contributed by atoms with Crippen LogP contribution in [-0.2, 0) is 34.4 Å². The number of aromatic nitrogens is 18. The summed E-state index contributed by atoms with van der Waals surface area (Å²) < 4.78 is 92.5. The molecule has 0 unspecified atom stereocenters. The third kappa shape index (κ3) is 22.5. The van der Waals surface area contributed by atoms with Crippen molar-refractivity contribution < 1.29 is 35.8 Å². The van der Waals surface area contributed by atoms with Crippen molar-refractivity contribution in [1.82, 2.24) is 104 Å². The molecule has 2 fully saturated rings. The minimum atomic E-state index is -3.77. The minimum absolute atomic E-state index is 0.00541. The molecule has 2 saturated heterocycles. The predicted octanol–water partition coefficient (Wildman–Crippen LogP) is 19.8. The smallest absolute Gasteiger partial charge is 0.238 e. The molecule has 31 heteroatoms. The number of piperazine rings is 1. The lowest BCUT2D eigenvalue weighted by atomic mass is 9.98. The summed E-state index contributed by atoms with van der Waals surface area (Å²) in [6.45, 7) is 12.6. The second-order valence-corrected chi connectivity index (χ2v) is 35.5. The highest BCUT2D eigenvalue weighted by molar-refractivity contribution is 7.89. The fraction of sp³-hybridized carbons (Fsp3) is 0.155. The summed E-state index contributed by atoms with van der Waals surface area (Å²) in [6.07, 6.45) is 36.5. The lowest BCUT2D eigenvalue weighted by molar-refractivity contribution is 0.0368. The monoisotopic (exact) mass is 1890 g/mol. The first-order valence-corrected chi connectivity index (χ1v) is 47.6. The van der Waals surface area contributed by atoms with E-state index < -0.39 is 10.0 Å². The Morgan fingerprint density at radius 1 is 0.340 bits per heavy atom. The van der Waals surface area contributed by atoms with Gasteiger partial charge in [0.1, 0.15) is 23.3 Å². The van der Waals surface area contributed by atoms with Gasteiger partial charge in [-0.25, -0.2) is 71.0 Å². The molecule has 17 heterocycles. The van der Waals surface area contributed by atoms with Gasteiger partial charge in [-0.15, -0.1) is 0 Å². The standard InChI is InChI=1S/C30H30FN7.C29H27FN6O.C26H20FN5O.C25H17FN4O2S/c1-36-12-14-37(15-13-36)10-5-11-38-21-24(20-34-38)22-16-23(19-32-18-22)27-17-29(26-6-2-3-8-28(26)31)35-30-25(27)7-4-9-33-30;30-27-7-2-1-5-25(27)28-16-26(24-6-3-8-32-29(24)34-28)22-15-21(17-31-18-22)23-19-33-36(20-23)10-4-9-35-11-13-37-14-12-35;27-23-8-2-1-6-21(23)25-15-22(20-7-5-10-29-26(20)31-25)24-14-18(9-11-28-24)19-16-30-32(17-19)12-3-4-13-33;26-23-6-2-1-4-21(23)24-13-22(20-5-3-11-29-25(20)30-24)18-12-17(14-28-15-18)16-7-9-19(10-8-16)33(27,31)32/h2-4,6-9,16-21H,5,10-15H2,1H3;1-3,5-8,15-20H,4,9-14H2;1-11,14-17,33H,12-13H2;1-15H,(H2,27,31,32)/b;;4-3+;. The van der Waals surface area contributed by atoms with Gasteiger partial charge in [-0.1, -0.05) is 72.8 Å². The molecule has 0 aliphatic carbocycles. The number of morpholine rings is 1. The number of nitrogens with two attached hydrogens (primary N) is 1. The zero-order valence-corrected chi connectivity index (χ0v) is 77.5. The van der Waals surface area contributed by atoms with Crippen molar-refractivity contribution in [2.45, 2.75) is 37.4 Å². The Bertz CT molecular complexity index is 8010. The normalized spacial score (nSPS) is 13.1. The number of hydrogen-bond donors (Lipinski definition) is 2. The van der Waals surface area contributed by atoms with Crippen molar-refractivity contribution in [1.29, 1.82) is 0 Å². The van der Waals surface area contributed by atoms with E-state index in [2.05, 4.69) is 121 Å². The summed E-state index contributed by atoms with van der Waals surface area (Å²) in [7, 11) is -1.59. The highest BCUT2D eigenvalue weighted by Gasteiger charge is 2.23. The number of likely N-dealkylation sites (N-methyl/N-ethyl adjacent to an activating group) is 1. The third-order valence-corrected chi connectivity index (χ3v) is 25.5. The summed E-state index contributed by atoms with van der Waals surface area (Å²) in [5.74, 6) is -1.33. The molecule has 0 amide bonds. The average Bonchev–Trinajstić information content (AvgIpc) is 0.842. The maximum absolute atomic E-state index is 14.6. The second kappa shape index (κ2) is 43.6. The first-order chi connectivity index (χ1) is 69.0. The van der Waals surface area contributed by atoms with Crippen LogP contribution in [0.2, 0.25) is 0 Å². The molecule has 0 atom stereocenters. The number of pyridine rings is 12. The molecule has 15 aromatic heterocycles. The molecule has 3 N–H and O–H groups in total. The molecule has 702 valence electrons. The first-order valence-electron chi connectivity index (χ1n) is 46.1. The summed E-state index contributed by atoms with van der Waals surface area (Å²) in [6, 6.07) is 65.5. The molecule has 0 spiro atoms. The van der Waals surface area contributed by atoms with Gasteiger partial charge in [0.15, 0.2) is 22.6 Å². The highest BCUT2D eigenvalue weighted by atomic mass is 32.2. The first kappa shape index (κ1) is 93.7. The van der Waals surface area contributed by atoms with Crippen LogP contribution in [0.25, 0.3) is 178 Å². The van der Waals surface area contributed by atoms with E-state index in [9.17, 15) is 26.0 Å². The van der Waals surface area contributed by atoms with E-state index in [1.807, 2.05) is 162 Å². The van der Waals surface area contributed by atoms with E-state index in [0.29, 0.717) is 74.2 Å². The van der Waals surface area contributed by atoms with Crippen LogP contribution in [0.4, 0.5) is 17.6 Å². The summed E-state index contributed by atoms with van der Waals surface area (Å²) in [5, 5.41) is 31.1. The number of benzene rings is 5. The van der Waals surface area contributed by atoms with E-state index in [-0.39, 0.29) is 34.8 Å². The Kier molecular flexibility index (Phi) is 29.0. The molecule has 141 heavy (non-hydrogen) atoms. The molecule has 5 aromatic carbocycles. The molecular weight excluding hydrogens is 1800 g/mol. The van der Waals surface area contributed by atoms with E-state index in [0.717, 1.165) is 202 Å². The SMILES string of the molecule is CN1CCN(CCCn2cc(-c3cncc(-c4cc(-c5ccccc5F)nc5ncccc45)c3)cn2)CC1.Fc1ccccc1-c1cc(-c2cncc(-c3cnn(CCCN4CCOCC4)c3)c2)c2cccnc2n1.NS(=O)(=O)c1ccc(-c2cncc(-c3cc(-c4ccccc4F)nc4ncccc34)c2)cc1.OC/C=C/Cn1cc(-c2ccnc(-c3cc(-c4ccccc4F)nc4ncccc34)c2)cn1. The molecular formula is C110H94F4N22O4S. The van der Waals surface area contributed by atoms with Crippen molar-refractivity contribution in [2.75, 3.05) is 79.2 Å². The van der Waals surface area contributed by atoms with Crippen LogP contribution in [0.5, 0.6) is 0 Å². The Labute approximate surface area is 810 Å². The van der Waals surface area contributed by atoms with Gasteiger partial charge in [-0.3, -0.25) is 38.9 Å². The maximum atomic E-state index is 14.6. The number of halogens is 4. The molecule has 26 nitrogen and oxygen atoms in total. The average molecular weight is 1900 g/mol. The van der Waals surface area contributed by atoms with E-state index in [1.54, 1.807) is 133 Å². The Morgan fingerprint density at radius 3 is 1.12 bits per heavy atom. The number of primary sulfonamides is 1. The van der Waals surface area contributed by atoms with Crippen molar-refractivity contribution in [3.8, 4) is 134 Å². The number of fused-ring (bicyclic) bond motifs is 4. The number of aryl methyl sites for hydroxylation is 2. The van der Waals surface area contributed by atoms with Gasteiger partial charge in [0.05, 0.1) is 78.3 Å². The van der Waals surface area contributed by atoms with E-state index >= 15 is 0 Å². The fourth-order valence-electron chi connectivity index (χ4n) is 17.2. The number of rotatable bonds is 24. The van der Waals surface area contributed by atoms with E-state index in [4.69, 9.17) is 15.0 Å².